The molecule has 6 heteroatoms. The number of thiocarbonyl (C=S) groups is 1. The van der Waals surface area contributed by atoms with Gasteiger partial charge in [-0.1, -0.05) is 33.0 Å². The average molecular weight is 252 g/mol. The first-order valence-corrected chi connectivity index (χ1v) is 6.74. The summed E-state index contributed by atoms with van der Waals surface area (Å²) >= 11 is 4.67. The highest BCUT2D eigenvalue weighted by atomic mass is 32.2. The van der Waals surface area contributed by atoms with Gasteiger partial charge in [0.2, 0.25) is 10.0 Å². The topological polar surface area (TPSA) is 72.2 Å². The maximum atomic E-state index is 11.8. The summed E-state index contributed by atoms with van der Waals surface area (Å²) in [5, 5.41) is -0.836. The summed E-state index contributed by atoms with van der Waals surface area (Å²) in [4.78, 5) is -0.0105. The van der Waals surface area contributed by atoms with Gasteiger partial charge in [-0.25, -0.2) is 13.1 Å². The van der Waals surface area contributed by atoms with E-state index >= 15 is 0 Å². The lowest BCUT2D eigenvalue weighted by atomic mass is 9.89. The Bertz CT molecular complexity index is 331. The van der Waals surface area contributed by atoms with Gasteiger partial charge < -0.3 is 5.73 Å². The molecule has 0 aromatic heterocycles. The van der Waals surface area contributed by atoms with Crippen molar-refractivity contribution in [2.75, 3.05) is 0 Å². The van der Waals surface area contributed by atoms with Gasteiger partial charge in [-0.05, 0) is 19.3 Å². The fourth-order valence-corrected chi connectivity index (χ4v) is 2.41. The zero-order chi connectivity index (χ0) is 12.4. The molecule has 0 aromatic rings. The summed E-state index contributed by atoms with van der Waals surface area (Å²) in [6.07, 6.45) is 0. The van der Waals surface area contributed by atoms with Gasteiger partial charge >= 0.3 is 0 Å². The first-order chi connectivity index (χ1) is 6.48. The van der Waals surface area contributed by atoms with Crippen LogP contribution in [0.25, 0.3) is 0 Å². The fraction of sp³-hybridized carbons (Fsp3) is 0.889. The highest BCUT2D eigenvalue weighted by Gasteiger charge is 2.29. The van der Waals surface area contributed by atoms with Gasteiger partial charge in [0.15, 0.2) is 0 Å². The summed E-state index contributed by atoms with van der Waals surface area (Å²) in [6.45, 7) is 9.20. The Morgan fingerprint density at radius 3 is 2.00 bits per heavy atom. The third kappa shape index (κ3) is 4.44. The lowest BCUT2D eigenvalue weighted by molar-refractivity contribution is 0.317. The molecule has 4 nitrogen and oxygen atoms in total. The molecule has 0 bridgehead atoms. The molecule has 3 N–H and O–H groups in total. The average Bonchev–Trinajstić information content (AvgIpc) is 2.00. The van der Waals surface area contributed by atoms with Gasteiger partial charge in [0.25, 0.3) is 0 Å². The Balaban J connectivity index is 4.75. The van der Waals surface area contributed by atoms with E-state index in [-0.39, 0.29) is 16.4 Å². The van der Waals surface area contributed by atoms with Crippen molar-refractivity contribution < 1.29 is 8.42 Å². The van der Waals surface area contributed by atoms with E-state index in [0.29, 0.717) is 0 Å². The molecule has 0 radical (unpaired) electrons. The van der Waals surface area contributed by atoms with Crippen LogP contribution in [-0.2, 0) is 10.0 Å². The fourth-order valence-electron chi connectivity index (χ4n) is 0.678. The zero-order valence-corrected chi connectivity index (χ0v) is 11.5. The minimum atomic E-state index is -3.46. The molecule has 0 heterocycles. The van der Waals surface area contributed by atoms with Gasteiger partial charge in [-0.3, -0.25) is 0 Å². The molecule has 0 saturated carbocycles. The van der Waals surface area contributed by atoms with Crippen molar-refractivity contribution in [3.8, 4) is 0 Å². The molecular weight excluding hydrogens is 232 g/mol. The number of hydrogen-bond acceptors (Lipinski definition) is 3. The van der Waals surface area contributed by atoms with E-state index in [4.69, 9.17) is 5.73 Å². The second-order valence-corrected chi connectivity index (χ2v) is 7.30. The first kappa shape index (κ1) is 14.8. The molecule has 90 valence electrons. The molecule has 0 amide bonds. The van der Waals surface area contributed by atoms with Crippen molar-refractivity contribution >= 4 is 27.2 Å². The standard InChI is InChI=1S/C9H20N2O2S2/c1-6(8(10)14)15(12,13)11-7(2)9(3,4)5/h6-7,11H,1-5H3,(H2,10,14). The van der Waals surface area contributed by atoms with Gasteiger partial charge in [0.05, 0.1) is 4.99 Å². The van der Waals surface area contributed by atoms with Crippen molar-refractivity contribution in [2.45, 2.75) is 45.9 Å². The van der Waals surface area contributed by atoms with Gasteiger partial charge in [-0.15, -0.1) is 0 Å². The second kappa shape index (κ2) is 4.76. The first-order valence-electron chi connectivity index (χ1n) is 4.79. The van der Waals surface area contributed by atoms with Gasteiger partial charge in [0, 0.05) is 6.04 Å². The van der Waals surface area contributed by atoms with E-state index in [1.54, 1.807) is 0 Å². The molecule has 0 fully saturated rings. The third-order valence-electron chi connectivity index (χ3n) is 2.51. The summed E-state index contributed by atoms with van der Waals surface area (Å²) in [5.74, 6) is 0. The molecular formula is C9H20N2O2S2. The van der Waals surface area contributed by atoms with Crippen molar-refractivity contribution in [2.24, 2.45) is 11.1 Å². The smallest absolute Gasteiger partial charge is 0.220 e. The van der Waals surface area contributed by atoms with E-state index in [1.807, 2.05) is 27.7 Å². The summed E-state index contributed by atoms with van der Waals surface area (Å²) in [5.41, 5.74) is 5.18. The minimum absolute atomic E-state index is 0.0105. The molecule has 0 aliphatic heterocycles. The Morgan fingerprint density at radius 1 is 1.33 bits per heavy atom. The van der Waals surface area contributed by atoms with E-state index in [1.165, 1.54) is 6.92 Å². The van der Waals surface area contributed by atoms with Crippen LogP contribution in [0.15, 0.2) is 0 Å². The molecule has 0 aliphatic rings. The Labute approximate surface area is 97.7 Å². The van der Waals surface area contributed by atoms with Crippen LogP contribution in [0.4, 0.5) is 0 Å². The molecule has 0 aromatic carbocycles. The number of nitrogens with one attached hydrogen (secondary N) is 1. The highest BCUT2D eigenvalue weighted by molar-refractivity contribution is 7.93. The molecule has 0 aliphatic carbocycles. The molecule has 2 unspecified atom stereocenters. The molecule has 0 rings (SSSR count). The largest absolute Gasteiger partial charge is 0.392 e. The Hall–Kier alpha value is -0.200. The summed E-state index contributed by atoms with van der Waals surface area (Å²) in [6, 6.07) is -0.167. The van der Waals surface area contributed by atoms with Crippen LogP contribution in [0, 0.1) is 5.41 Å². The number of rotatable bonds is 4. The molecule has 0 saturated heterocycles. The lowest BCUT2D eigenvalue weighted by Crippen LogP contribution is -2.47. The second-order valence-electron chi connectivity index (χ2n) is 4.80. The van der Waals surface area contributed by atoms with Crippen LogP contribution in [0.2, 0.25) is 0 Å². The van der Waals surface area contributed by atoms with E-state index in [0.717, 1.165) is 0 Å². The minimum Gasteiger partial charge on any atom is -0.392 e. The van der Waals surface area contributed by atoms with Crippen LogP contribution in [0.1, 0.15) is 34.6 Å². The normalized spacial score (nSPS) is 17.1. The van der Waals surface area contributed by atoms with E-state index in [9.17, 15) is 8.42 Å². The third-order valence-corrected chi connectivity index (χ3v) is 4.88. The maximum absolute atomic E-state index is 11.8. The predicted molar refractivity (Wildman–Crippen MR) is 67.2 cm³/mol. The number of sulfonamides is 1. The molecule has 0 spiro atoms. The Kier molecular flexibility index (Phi) is 4.69. The van der Waals surface area contributed by atoms with Crippen LogP contribution in [-0.4, -0.2) is 24.7 Å². The maximum Gasteiger partial charge on any atom is 0.220 e. The van der Waals surface area contributed by atoms with Crippen LogP contribution < -0.4 is 10.5 Å². The SMILES string of the molecule is CC(NS(=O)(=O)C(C)C(N)=S)C(C)(C)C. The molecule has 2 atom stereocenters. The summed E-state index contributed by atoms with van der Waals surface area (Å²) < 4.78 is 26.1. The molecule has 15 heavy (non-hydrogen) atoms. The van der Waals surface area contributed by atoms with Crippen molar-refractivity contribution in [1.29, 1.82) is 0 Å². The monoisotopic (exact) mass is 252 g/mol. The quantitative estimate of drug-likeness (QED) is 0.733. The van der Waals surface area contributed by atoms with Gasteiger partial charge in [0.1, 0.15) is 5.25 Å². The van der Waals surface area contributed by atoms with Crippen molar-refractivity contribution in [1.82, 2.24) is 4.72 Å². The van der Waals surface area contributed by atoms with Gasteiger partial charge in [-0.2, -0.15) is 0 Å². The highest BCUT2D eigenvalue weighted by Crippen LogP contribution is 2.19. The van der Waals surface area contributed by atoms with Crippen molar-refractivity contribution in [3.05, 3.63) is 0 Å². The van der Waals surface area contributed by atoms with Crippen LogP contribution >= 0.6 is 12.2 Å². The lowest BCUT2D eigenvalue weighted by Gasteiger charge is -2.28. The Morgan fingerprint density at radius 2 is 1.73 bits per heavy atom. The van der Waals surface area contributed by atoms with E-state index in [2.05, 4.69) is 16.9 Å². The van der Waals surface area contributed by atoms with Crippen LogP contribution in [0.5, 0.6) is 0 Å². The van der Waals surface area contributed by atoms with Crippen LogP contribution in [0.3, 0.4) is 0 Å². The summed E-state index contributed by atoms with van der Waals surface area (Å²) in [7, 11) is -3.46. The number of nitrogens with two attached hydrogens (primary N) is 1. The number of hydrogen-bond donors (Lipinski definition) is 2. The predicted octanol–water partition coefficient (Wildman–Crippen LogP) is 1.02. The van der Waals surface area contributed by atoms with E-state index < -0.39 is 15.3 Å². The van der Waals surface area contributed by atoms with Crippen molar-refractivity contribution in [3.63, 3.8) is 0 Å². The zero-order valence-electron chi connectivity index (χ0n) is 9.87.